The highest BCUT2D eigenvalue weighted by Crippen LogP contribution is 2.39. The molecule has 4 bridgehead atoms. The number of carbonyl (C=O) groups is 2. The highest BCUT2D eigenvalue weighted by atomic mass is 35.5. The summed E-state index contributed by atoms with van der Waals surface area (Å²) in [5.41, 5.74) is 4.42. The van der Waals surface area contributed by atoms with Crippen LogP contribution in [0, 0.1) is 11.8 Å². The third-order valence-electron chi connectivity index (χ3n) is 8.57. The average Bonchev–Trinajstić information content (AvgIpc) is 2.97. The molecule has 10 heteroatoms. The fourth-order valence-electron chi connectivity index (χ4n) is 6.03. The zero-order chi connectivity index (χ0) is 29.3. The average molecular weight is 608 g/mol. The van der Waals surface area contributed by atoms with Crippen molar-refractivity contribution < 1.29 is 22.7 Å². The van der Waals surface area contributed by atoms with Crippen LogP contribution in [0.4, 0.5) is 5.69 Å². The first-order valence-electron chi connectivity index (χ1n) is 14.5. The molecule has 0 saturated heterocycles. The van der Waals surface area contributed by atoms with Gasteiger partial charge in [-0.2, -0.15) is 0 Å². The van der Waals surface area contributed by atoms with E-state index in [0.29, 0.717) is 48.3 Å². The molecule has 8 nitrogen and oxygen atoms in total. The summed E-state index contributed by atoms with van der Waals surface area (Å²) in [6.45, 7) is 1.97. The number of rotatable bonds is 0. The maximum Gasteiger partial charge on any atom is 0.264 e. The van der Waals surface area contributed by atoms with Crippen LogP contribution in [0.25, 0.3) is 0 Å². The van der Waals surface area contributed by atoms with Gasteiger partial charge in [-0.15, -0.1) is 0 Å². The van der Waals surface area contributed by atoms with Gasteiger partial charge in [0.1, 0.15) is 12.4 Å². The lowest BCUT2D eigenvalue weighted by atomic mass is 9.72. The Morgan fingerprint density at radius 3 is 2.50 bits per heavy atom. The van der Waals surface area contributed by atoms with E-state index in [-0.39, 0.29) is 29.1 Å². The lowest BCUT2D eigenvalue weighted by molar-refractivity contribution is -0.130. The molecular weight excluding hydrogens is 574 g/mol. The highest BCUT2D eigenvalue weighted by molar-refractivity contribution is 7.90. The molecule has 0 radical (unpaired) electrons. The number of carbonyl (C=O) groups excluding carboxylic acids is 2. The number of halogens is 1. The molecule has 0 spiro atoms. The summed E-state index contributed by atoms with van der Waals surface area (Å²) in [7, 11) is -4.14. The summed E-state index contributed by atoms with van der Waals surface area (Å²) >= 11 is 6.29. The first-order valence-corrected chi connectivity index (χ1v) is 16.3. The number of fused-ring (bicyclic) bond motifs is 8. The first kappa shape index (κ1) is 28.6. The number of anilines is 1. The van der Waals surface area contributed by atoms with Gasteiger partial charge in [0.05, 0.1) is 17.0 Å². The second-order valence-corrected chi connectivity index (χ2v) is 13.5. The van der Waals surface area contributed by atoms with Crippen LogP contribution in [0.2, 0.25) is 5.02 Å². The van der Waals surface area contributed by atoms with E-state index in [4.69, 9.17) is 16.3 Å². The van der Waals surface area contributed by atoms with Gasteiger partial charge in [0.15, 0.2) is 0 Å². The molecule has 3 aromatic rings. The lowest BCUT2D eigenvalue weighted by Crippen LogP contribution is -2.46. The lowest BCUT2D eigenvalue weighted by Gasteiger charge is -2.40. The Balaban J connectivity index is 1.38. The third-order valence-corrected chi connectivity index (χ3v) is 10.2. The molecule has 2 atom stereocenters. The van der Waals surface area contributed by atoms with Gasteiger partial charge in [-0.3, -0.25) is 9.59 Å². The molecule has 2 N–H and O–H groups in total. The fraction of sp³-hybridized carbons (Fsp3) is 0.375. The molecule has 1 fully saturated rings. The molecule has 3 heterocycles. The highest BCUT2D eigenvalue weighted by Gasteiger charge is 2.38. The summed E-state index contributed by atoms with van der Waals surface area (Å²) < 4.78 is 35.4. The maximum atomic E-state index is 13.4. The van der Waals surface area contributed by atoms with E-state index in [0.717, 1.165) is 48.8 Å². The number of benzene rings is 3. The van der Waals surface area contributed by atoms with Crippen LogP contribution in [0.15, 0.2) is 65.6 Å². The molecule has 42 heavy (non-hydrogen) atoms. The van der Waals surface area contributed by atoms with Crippen LogP contribution in [0.1, 0.15) is 47.9 Å². The zero-order valence-electron chi connectivity index (χ0n) is 23.3. The molecule has 0 aromatic heterocycles. The topological polar surface area (TPSA) is 105 Å². The van der Waals surface area contributed by atoms with E-state index in [1.54, 1.807) is 24.3 Å². The summed E-state index contributed by atoms with van der Waals surface area (Å²) in [5, 5.41) is 3.77. The van der Waals surface area contributed by atoms with Crippen molar-refractivity contribution in [3.63, 3.8) is 0 Å². The third kappa shape index (κ3) is 6.27. The minimum atomic E-state index is -4.14. The number of nitrogens with zero attached hydrogens (tertiary/aromatic N) is 1. The van der Waals surface area contributed by atoms with Crippen molar-refractivity contribution in [2.45, 2.75) is 56.6 Å². The summed E-state index contributed by atoms with van der Waals surface area (Å²) in [6.07, 6.45) is 4.28. The number of amides is 2. The van der Waals surface area contributed by atoms with Gasteiger partial charge in [0.25, 0.3) is 10.0 Å². The van der Waals surface area contributed by atoms with Crippen molar-refractivity contribution in [1.29, 1.82) is 0 Å². The largest absolute Gasteiger partial charge is 0.487 e. The van der Waals surface area contributed by atoms with Gasteiger partial charge in [0.2, 0.25) is 11.8 Å². The van der Waals surface area contributed by atoms with E-state index < -0.39 is 15.9 Å². The molecule has 220 valence electrons. The Kier molecular flexibility index (Phi) is 8.14. The van der Waals surface area contributed by atoms with Crippen LogP contribution in [-0.4, -0.2) is 33.3 Å². The summed E-state index contributed by atoms with van der Waals surface area (Å²) in [4.78, 5) is 28.1. The van der Waals surface area contributed by atoms with E-state index in [9.17, 15) is 18.0 Å². The predicted molar refractivity (Wildman–Crippen MR) is 161 cm³/mol. The second kappa shape index (κ2) is 12.0. The Bertz CT molecular complexity index is 1610. The van der Waals surface area contributed by atoms with Gasteiger partial charge in [-0.05, 0) is 90.6 Å². The normalized spacial score (nSPS) is 22.5. The van der Waals surface area contributed by atoms with Crippen LogP contribution in [-0.2, 0) is 45.6 Å². The molecule has 0 unspecified atom stereocenters. The fourth-order valence-corrected chi connectivity index (χ4v) is 7.22. The van der Waals surface area contributed by atoms with Gasteiger partial charge < -0.3 is 15.0 Å². The number of aryl methyl sites for hydroxylation is 1. The maximum absolute atomic E-state index is 13.4. The molecule has 4 aliphatic rings. The molecule has 1 saturated carbocycles. The molecule has 3 aliphatic heterocycles. The Morgan fingerprint density at radius 2 is 1.71 bits per heavy atom. The number of hydrogen-bond donors (Lipinski definition) is 2. The van der Waals surface area contributed by atoms with E-state index in [2.05, 4.69) is 14.9 Å². The smallest absolute Gasteiger partial charge is 0.264 e. The molecule has 7 rings (SSSR count). The summed E-state index contributed by atoms with van der Waals surface area (Å²) in [6, 6.07) is 17.8. The van der Waals surface area contributed by atoms with Crippen LogP contribution in [0.3, 0.4) is 0 Å². The van der Waals surface area contributed by atoms with Gasteiger partial charge in [0, 0.05) is 30.6 Å². The number of hydrogen-bond acceptors (Lipinski definition) is 6. The first-order chi connectivity index (χ1) is 20.2. The molecule has 2 amide bonds. The number of nitrogens with one attached hydrogen (secondary N) is 2. The van der Waals surface area contributed by atoms with E-state index in [1.165, 1.54) is 6.07 Å². The van der Waals surface area contributed by atoms with Crippen LogP contribution >= 0.6 is 11.6 Å². The van der Waals surface area contributed by atoms with Crippen molar-refractivity contribution in [2.75, 3.05) is 18.0 Å². The van der Waals surface area contributed by atoms with Gasteiger partial charge in [-0.1, -0.05) is 41.9 Å². The van der Waals surface area contributed by atoms with Crippen molar-refractivity contribution in [3.8, 4) is 5.75 Å². The minimum Gasteiger partial charge on any atom is -0.487 e. The van der Waals surface area contributed by atoms with Gasteiger partial charge >= 0.3 is 0 Å². The number of ether oxygens (including phenoxy) is 1. The Labute approximate surface area is 251 Å². The Hall–Kier alpha value is -3.56. The summed E-state index contributed by atoms with van der Waals surface area (Å²) in [5.74, 6) is -0.0101. The standard InChI is InChI=1S/C32H34ClN3O5S/c33-26-10-8-25-20-41-30-13-11-27-17-29(30)36(14-2-1-3-23(25)16-26)19-24-9-12-28(24)32(38)34-18-22-6-4-21(5-7-22)15-31(37)35-42(27,39)40/h4-8,10-11,13,16-17,24,28H,1-3,9,12,14-15,18-20H2,(H,34,38)(H,35,37)/t24-,28+/m0/s1. The van der Waals surface area contributed by atoms with E-state index in [1.807, 2.05) is 30.3 Å². The quantitative estimate of drug-likeness (QED) is 0.382. The van der Waals surface area contributed by atoms with Crippen molar-refractivity contribution in [2.24, 2.45) is 11.8 Å². The Morgan fingerprint density at radius 1 is 0.905 bits per heavy atom. The monoisotopic (exact) mass is 607 g/mol. The van der Waals surface area contributed by atoms with Crippen molar-refractivity contribution >= 4 is 39.1 Å². The van der Waals surface area contributed by atoms with Crippen LogP contribution in [0.5, 0.6) is 5.75 Å². The second-order valence-electron chi connectivity index (χ2n) is 11.4. The van der Waals surface area contributed by atoms with E-state index >= 15 is 0 Å². The SMILES string of the molecule is O=C1Cc2ccc(cc2)CNC(=O)[C@@H]2CC[C@H]2CN2CCCCc3cc(Cl)ccc3COc3ccc(cc32)S(=O)(=O)N1. The molecule has 3 aromatic carbocycles. The molecule has 1 aliphatic carbocycles. The molecular formula is C32H34ClN3O5S. The zero-order valence-corrected chi connectivity index (χ0v) is 24.8. The minimum absolute atomic E-state index is 0.00961. The number of sulfonamides is 1. The van der Waals surface area contributed by atoms with Crippen molar-refractivity contribution in [1.82, 2.24) is 10.0 Å². The van der Waals surface area contributed by atoms with Crippen molar-refractivity contribution in [3.05, 3.63) is 87.9 Å². The van der Waals surface area contributed by atoms with Crippen LogP contribution < -0.4 is 19.7 Å². The van der Waals surface area contributed by atoms with Gasteiger partial charge in [-0.25, -0.2) is 13.1 Å². The predicted octanol–water partition coefficient (Wildman–Crippen LogP) is 4.77.